The van der Waals surface area contributed by atoms with E-state index in [1.807, 2.05) is 36.4 Å². The van der Waals surface area contributed by atoms with Gasteiger partial charge < -0.3 is 23.7 Å². The van der Waals surface area contributed by atoms with Crippen LogP contribution in [0.2, 0.25) is 0 Å². The summed E-state index contributed by atoms with van der Waals surface area (Å²) in [7, 11) is 0. The summed E-state index contributed by atoms with van der Waals surface area (Å²) in [5.74, 6) is 2.07. The molecule has 5 atom stereocenters. The summed E-state index contributed by atoms with van der Waals surface area (Å²) in [4.78, 5) is 12.3. The van der Waals surface area contributed by atoms with E-state index in [0.29, 0.717) is 19.4 Å². The Balaban J connectivity index is 1.33. The molecule has 0 amide bonds. The molecule has 34 heavy (non-hydrogen) atoms. The molecular formula is C28H36O6. The molecule has 0 bridgehead atoms. The van der Waals surface area contributed by atoms with E-state index >= 15 is 0 Å². The molecule has 1 aromatic carbocycles. The van der Waals surface area contributed by atoms with Crippen molar-refractivity contribution < 1.29 is 28.5 Å². The van der Waals surface area contributed by atoms with Crippen molar-refractivity contribution in [1.82, 2.24) is 0 Å². The second-order valence-corrected chi connectivity index (χ2v) is 9.67. The molecule has 2 aliphatic carbocycles. The maximum absolute atomic E-state index is 12.3. The number of hydrogen-bond donors (Lipinski definition) is 0. The second-order valence-electron chi connectivity index (χ2n) is 9.67. The SMILES string of the molecule is O=C1C=C2C[C@@H](OC3CCCCO3)[C@H](C(=CCCOc3ccccc3)OC3CCCCO3)[C@@H]2C1. The molecule has 3 fully saturated rings. The third-order valence-electron chi connectivity index (χ3n) is 7.19. The Kier molecular flexibility index (Phi) is 7.99. The lowest BCUT2D eigenvalue weighted by atomic mass is 9.89. The highest BCUT2D eigenvalue weighted by Gasteiger charge is 2.48. The predicted molar refractivity (Wildman–Crippen MR) is 127 cm³/mol. The third kappa shape index (κ3) is 5.91. The van der Waals surface area contributed by atoms with Gasteiger partial charge in [-0.05, 0) is 68.7 Å². The van der Waals surface area contributed by atoms with E-state index in [1.165, 1.54) is 5.57 Å². The summed E-state index contributed by atoms with van der Waals surface area (Å²) in [6.07, 6.45) is 11.7. The predicted octanol–water partition coefficient (Wildman–Crippen LogP) is 5.33. The monoisotopic (exact) mass is 468 g/mol. The van der Waals surface area contributed by atoms with Gasteiger partial charge in [0.2, 0.25) is 0 Å². The van der Waals surface area contributed by atoms with Crippen molar-refractivity contribution in [3.05, 3.63) is 53.8 Å². The minimum absolute atomic E-state index is 0.00882. The molecule has 0 radical (unpaired) electrons. The van der Waals surface area contributed by atoms with E-state index in [-0.39, 0.29) is 36.3 Å². The molecule has 4 aliphatic rings. The summed E-state index contributed by atoms with van der Waals surface area (Å²) in [6.45, 7) is 2.03. The lowest BCUT2D eigenvalue weighted by Crippen LogP contribution is -2.34. The van der Waals surface area contributed by atoms with Crippen LogP contribution < -0.4 is 4.74 Å². The summed E-state index contributed by atoms with van der Waals surface area (Å²) >= 11 is 0. The van der Waals surface area contributed by atoms with Crippen molar-refractivity contribution in [2.24, 2.45) is 11.8 Å². The molecule has 2 aliphatic heterocycles. The molecule has 6 nitrogen and oxygen atoms in total. The van der Waals surface area contributed by atoms with Crippen LogP contribution in [0.1, 0.15) is 57.8 Å². The summed E-state index contributed by atoms with van der Waals surface area (Å²) in [5.41, 5.74) is 1.19. The largest absolute Gasteiger partial charge is 0.493 e. The normalized spacial score (nSPS) is 31.8. The standard InChI is InChI=1S/C28H36O6/c29-21-17-20-18-25(34-27-13-5-7-15-32-27)28(23(20)19-21)24(33-26-12-4-6-14-31-26)11-8-16-30-22-9-2-1-3-10-22/h1-3,9-11,17,23,25-28H,4-8,12-16,18-19H2/t23-,25-,26?,27?,28+/m1/s1. The fraction of sp³-hybridized carbons (Fsp3) is 0.607. The average Bonchev–Trinajstić information content (AvgIpc) is 3.38. The van der Waals surface area contributed by atoms with Gasteiger partial charge in [0.05, 0.1) is 19.3 Å². The number of ketones is 1. The topological polar surface area (TPSA) is 63.2 Å². The van der Waals surface area contributed by atoms with Crippen molar-refractivity contribution in [2.45, 2.75) is 76.5 Å². The molecule has 184 valence electrons. The van der Waals surface area contributed by atoms with Crippen LogP contribution in [0.4, 0.5) is 0 Å². The smallest absolute Gasteiger partial charge is 0.199 e. The van der Waals surface area contributed by atoms with Gasteiger partial charge in [-0.3, -0.25) is 4.79 Å². The molecule has 1 aromatic rings. The summed E-state index contributed by atoms with van der Waals surface area (Å²) in [5, 5.41) is 0. The molecule has 2 heterocycles. The van der Waals surface area contributed by atoms with Crippen LogP contribution in [-0.4, -0.2) is 44.3 Å². The van der Waals surface area contributed by atoms with E-state index in [1.54, 1.807) is 0 Å². The van der Waals surface area contributed by atoms with Crippen molar-refractivity contribution >= 4 is 5.78 Å². The minimum atomic E-state index is -0.244. The van der Waals surface area contributed by atoms with Gasteiger partial charge in [-0.25, -0.2) is 0 Å². The molecule has 5 rings (SSSR count). The van der Waals surface area contributed by atoms with Crippen molar-refractivity contribution in [3.63, 3.8) is 0 Å². The zero-order valence-corrected chi connectivity index (χ0v) is 19.9. The molecule has 0 spiro atoms. The fourth-order valence-electron chi connectivity index (χ4n) is 5.55. The Labute approximate surface area is 202 Å². The number of rotatable bonds is 9. The zero-order valence-electron chi connectivity index (χ0n) is 19.9. The average molecular weight is 469 g/mol. The first kappa shape index (κ1) is 23.6. The molecule has 2 saturated heterocycles. The lowest BCUT2D eigenvalue weighted by Gasteiger charge is -2.33. The molecule has 0 aromatic heterocycles. The Hall–Kier alpha value is -2.15. The number of allylic oxidation sites excluding steroid dienone is 1. The first-order chi connectivity index (χ1) is 16.8. The van der Waals surface area contributed by atoms with Gasteiger partial charge >= 0.3 is 0 Å². The molecule has 0 N–H and O–H groups in total. The van der Waals surface area contributed by atoms with Crippen LogP contribution in [0.25, 0.3) is 0 Å². The maximum atomic E-state index is 12.3. The van der Waals surface area contributed by atoms with Crippen LogP contribution in [0.5, 0.6) is 5.75 Å². The van der Waals surface area contributed by atoms with Gasteiger partial charge in [0, 0.05) is 31.8 Å². The van der Waals surface area contributed by atoms with Gasteiger partial charge in [-0.15, -0.1) is 0 Å². The van der Waals surface area contributed by atoms with E-state index in [0.717, 1.165) is 69.7 Å². The van der Waals surface area contributed by atoms with Crippen molar-refractivity contribution in [1.29, 1.82) is 0 Å². The van der Waals surface area contributed by atoms with E-state index < -0.39 is 0 Å². The highest BCUT2D eigenvalue weighted by Crippen LogP contribution is 2.49. The molecule has 6 heteroatoms. The number of hydrogen-bond acceptors (Lipinski definition) is 6. The Morgan fingerprint density at radius 1 is 0.971 bits per heavy atom. The van der Waals surface area contributed by atoms with E-state index in [2.05, 4.69) is 6.08 Å². The second kappa shape index (κ2) is 11.5. The minimum Gasteiger partial charge on any atom is -0.493 e. The zero-order chi connectivity index (χ0) is 23.2. The first-order valence-corrected chi connectivity index (χ1v) is 12.9. The van der Waals surface area contributed by atoms with Crippen LogP contribution in [0, 0.1) is 11.8 Å². The van der Waals surface area contributed by atoms with Gasteiger partial charge in [0.25, 0.3) is 0 Å². The first-order valence-electron chi connectivity index (χ1n) is 12.9. The third-order valence-corrected chi connectivity index (χ3v) is 7.19. The molecule has 1 saturated carbocycles. The highest BCUT2D eigenvalue weighted by atomic mass is 16.7. The number of para-hydroxylation sites is 1. The van der Waals surface area contributed by atoms with Crippen LogP contribution in [0.3, 0.4) is 0 Å². The van der Waals surface area contributed by atoms with Gasteiger partial charge in [0.1, 0.15) is 11.5 Å². The van der Waals surface area contributed by atoms with Crippen LogP contribution >= 0.6 is 0 Å². The number of benzene rings is 1. The van der Waals surface area contributed by atoms with Crippen LogP contribution in [-0.2, 0) is 23.7 Å². The Morgan fingerprint density at radius 3 is 2.47 bits per heavy atom. The van der Waals surface area contributed by atoms with Crippen molar-refractivity contribution in [3.8, 4) is 5.75 Å². The Morgan fingerprint density at radius 2 is 1.74 bits per heavy atom. The summed E-state index contributed by atoms with van der Waals surface area (Å²) < 4.78 is 30.8. The van der Waals surface area contributed by atoms with Gasteiger partial charge in [-0.1, -0.05) is 23.8 Å². The van der Waals surface area contributed by atoms with E-state index in [4.69, 9.17) is 23.7 Å². The fourth-order valence-corrected chi connectivity index (χ4v) is 5.55. The molecule has 2 unspecified atom stereocenters. The lowest BCUT2D eigenvalue weighted by molar-refractivity contribution is -0.200. The summed E-state index contributed by atoms with van der Waals surface area (Å²) in [6, 6.07) is 9.84. The van der Waals surface area contributed by atoms with Crippen LogP contribution in [0.15, 0.2) is 53.8 Å². The molecular weight excluding hydrogens is 432 g/mol. The van der Waals surface area contributed by atoms with Gasteiger partial charge in [0.15, 0.2) is 18.4 Å². The maximum Gasteiger partial charge on any atom is 0.199 e. The quantitative estimate of drug-likeness (QED) is 0.361. The number of carbonyl (C=O) groups excluding carboxylic acids is 1. The number of fused-ring (bicyclic) bond motifs is 1. The number of carbonyl (C=O) groups is 1. The van der Waals surface area contributed by atoms with Crippen molar-refractivity contribution in [2.75, 3.05) is 19.8 Å². The Bertz CT molecular complexity index is 866. The van der Waals surface area contributed by atoms with E-state index in [9.17, 15) is 4.79 Å². The highest BCUT2D eigenvalue weighted by molar-refractivity contribution is 5.94. The number of ether oxygens (including phenoxy) is 5. The van der Waals surface area contributed by atoms with Gasteiger partial charge in [-0.2, -0.15) is 0 Å².